The average molecular weight is 288 g/mol. The van der Waals surface area contributed by atoms with Crippen LogP contribution in [0.4, 0.5) is 0 Å². The summed E-state index contributed by atoms with van der Waals surface area (Å²) < 4.78 is 0. The smallest absolute Gasteiger partial charge is 0.225 e. The van der Waals surface area contributed by atoms with E-state index >= 15 is 0 Å². The molecule has 92 valence electrons. The molecule has 3 heteroatoms. The monoisotopic (exact) mass is 287 g/mol. The molecule has 2 rings (SSSR count). The maximum Gasteiger partial charge on any atom is 0.225 e. The number of carbonyl (C=O) groups excluding carboxylic acids is 1. The van der Waals surface area contributed by atoms with Crippen LogP contribution in [0, 0.1) is 11.8 Å². The first kappa shape index (κ1) is 12.4. The van der Waals surface area contributed by atoms with Crippen molar-refractivity contribution in [3.05, 3.63) is 0 Å². The van der Waals surface area contributed by atoms with Gasteiger partial charge in [-0.3, -0.25) is 4.79 Å². The van der Waals surface area contributed by atoms with Gasteiger partial charge in [-0.1, -0.05) is 22.9 Å². The number of halogens is 1. The topological polar surface area (TPSA) is 20.3 Å². The van der Waals surface area contributed by atoms with E-state index in [0.29, 0.717) is 17.9 Å². The first-order valence-electron chi connectivity index (χ1n) is 6.58. The van der Waals surface area contributed by atoms with Crippen LogP contribution in [0.15, 0.2) is 0 Å². The Bertz CT molecular complexity index is 244. The predicted molar refractivity (Wildman–Crippen MR) is 69.7 cm³/mol. The van der Waals surface area contributed by atoms with Gasteiger partial charge in [0, 0.05) is 23.8 Å². The third kappa shape index (κ3) is 2.99. The molecule has 0 radical (unpaired) electrons. The van der Waals surface area contributed by atoms with Crippen LogP contribution in [0.25, 0.3) is 0 Å². The Labute approximate surface area is 107 Å². The van der Waals surface area contributed by atoms with Gasteiger partial charge in [0.2, 0.25) is 5.91 Å². The van der Waals surface area contributed by atoms with E-state index in [9.17, 15) is 4.79 Å². The molecule has 0 heterocycles. The number of hydrogen-bond donors (Lipinski definition) is 0. The zero-order chi connectivity index (χ0) is 11.5. The molecule has 0 N–H and O–H groups in total. The molecular weight excluding hydrogens is 266 g/mol. The minimum atomic E-state index is 0.329. The van der Waals surface area contributed by atoms with E-state index in [1.54, 1.807) is 0 Å². The second kappa shape index (κ2) is 5.52. The van der Waals surface area contributed by atoms with Crippen molar-refractivity contribution in [3.8, 4) is 0 Å². The highest BCUT2D eigenvalue weighted by Gasteiger charge is 2.36. The number of amides is 1. The molecule has 0 atom stereocenters. The zero-order valence-corrected chi connectivity index (χ0v) is 11.7. The van der Waals surface area contributed by atoms with Crippen molar-refractivity contribution in [2.75, 3.05) is 11.9 Å². The molecule has 0 spiro atoms. The summed E-state index contributed by atoms with van der Waals surface area (Å²) in [6.45, 7) is 3.20. The molecule has 2 nitrogen and oxygen atoms in total. The van der Waals surface area contributed by atoms with Crippen molar-refractivity contribution in [2.24, 2.45) is 11.8 Å². The summed E-state index contributed by atoms with van der Waals surface area (Å²) in [5.41, 5.74) is 0. The summed E-state index contributed by atoms with van der Waals surface area (Å²) in [6.07, 6.45) is 7.16. The molecule has 2 aliphatic rings. The fourth-order valence-electron chi connectivity index (χ4n) is 2.69. The Morgan fingerprint density at radius 1 is 1.19 bits per heavy atom. The Kier molecular flexibility index (Phi) is 4.28. The van der Waals surface area contributed by atoms with Crippen molar-refractivity contribution >= 4 is 21.8 Å². The highest BCUT2D eigenvalue weighted by Crippen LogP contribution is 2.33. The largest absolute Gasteiger partial charge is 0.339 e. The van der Waals surface area contributed by atoms with Crippen molar-refractivity contribution in [1.82, 2.24) is 4.90 Å². The van der Waals surface area contributed by atoms with Crippen LogP contribution in [0.2, 0.25) is 0 Å². The van der Waals surface area contributed by atoms with Crippen LogP contribution in [0.1, 0.15) is 45.4 Å². The molecule has 0 aromatic carbocycles. The van der Waals surface area contributed by atoms with Crippen molar-refractivity contribution in [3.63, 3.8) is 0 Å². The molecule has 2 fully saturated rings. The van der Waals surface area contributed by atoms with Gasteiger partial charge in [-0.05, 0) is 44.4 Å². The third-order valence-electron chi connectivity index (χ3n) is 3.96. The van der Waals surface area contributed by atoms with Crippen LogP contribution in [0.5, 0.6) is 0 Å². The number of hydrogen-bond acceptors (Lipinski definition) is 1. The zero-order valence-electron chi connectivity index (χ0n) is 10.1. The van der Waals surface area contributed by atoms with Crippen LogP contribution in [-0.4, -0.2) is 28.7 Å². The van der Waals surface area contributed by atoms with Gasteiger partial charge in [-0.2, -0.15) is 0 Å². The molecule has 0 saturated heterocycles. The summed E-state index contributed by atoms with van der Waals surface area (Å²) in [5.74, 6) is 1.60. The standard InChI is InChI=1S/C13H22BrNO/c1-10-2-4-11(5-3-10)13(16)15(9-8-14)12-6-7-12/h10-12H,2-9H2,1H3. The minimum Gasteiger partial charge on any atom is -0.339 e. The van der Waals surface area contributed by atoms with Gasteiger partial charge in [0.25, 0.3) is 0 Å². The average Bonchev–Trinajstić information content (AvgIpc) is 3.10. The Morgan fingerprint density at radius 2 is 1.81 bits per heavy atom. The molecule has 2 saturated carbocycles. The molecular formula is C13H22BrNO. The fourth-order valence-corrected chi connectivity index (χ4v) is 3.07. The molecule has 2 aliphatic carbocycles. The number of carbonyl (C=O) groups is 1. The quantitative estimate of drug-likeness (QED) is 0.727. The fraction of sp³-hybridized carbons (Fsp3) is 0.923. The lowest BCUT2D eigenvalue weighted by atomic mass is 9.82. The van der Waals surface area contributed by atoms with E-state index in [4.69, 9.17) is 0 Å². The summed E-state index contributed by atoms with van der Waals surface area (Å²) in [4.78, 5) is 14.5. The highest BCUT2D eigenvalue weighted by molar-refractivity contribution is 9.09. The van der Waals surface area contributed by atoms with Crippen LogP contribution >= 0.6 is 15.9 Å². The molecule has 0 aromatic rings. The van der Waals surface area contributed by atoms with Gasteiger partial charge >= 0.3 is 0 Å². The second-order valence-electron chi connectivity index (χ2n) is 5.41. The summed E-state index contributed by atoms with van der Waals surface area (Å²) in [6, 6.07) is 0.574. The second-order valence-corrected chi connectivity index (χ2v) is 6.20. The van der Waals surface area contributed by atoms with Gasteiger partial charge in [0.1, 0.15) is 0 Å². The Balaban J connectivity index is 1.88. The normalized spacial score (nSPS) is 30.1. The highest BCUT2D eigenvalue weighted by atomic mass is 79.9. The number of alkyl halides is 1. The van der Waals surface area contributed by atoms with E-state index in [2.05, 4.69) is 27.8 Å². The van der Waals surface area contributed by atoms with Gasteiger partial charge < -0.3 is 4.90 Å². The third-order valence-corrected chi connectivity index (χ3v) is 4.32. The van der Waals surface area contributed by atoms with Gasteiger partial charge in [-0.25, -0.2) is 0 Å². The van der Waals surface area contributed by atoms with Gasteiger partial charge in [0.05, 0.1) is 0 Å². The number of nitrogens with zero attached hydrogens (tertiary/aromatic N) is 1. The van der Waals surface area contributed by atoms with Crippen molar-refractivity contribution in [2.45, 2.75) is 51.5 Å². The summed E-state index contributed by atoms with van der Waals surface area (Å²) in [7, 11) is 0. The molecule has 16 heavy (non-hydrogen) atoms. The maximum atomic E-state index is 12.4. The molecule has 0 bridgehead atoms. The lowest BCUT2D eigenvalue weighted by Crippen LogP contribution is -2.40. The summed E-state index contributed by atoms with van der Waals surface area (Å²) in [5, 5.41) is 0.915. The Morgan fingerprint density at radius 3 is 2.31 bits per heavy atom. The van der Waals surface area contributed by atoms with E-state index in [1.165, 1.54) is 25.7 Å². The predicted octanol–water partition coefficient (Wildman–Crippen LogP) is 3.20. The lowest BCUT2D eigenvalue weighted by molar-refractivity contribution is -0.137. The van der Waals surface area contributed by atoms with E-state index in [0.717, 1.165) is 30.6 Å². The first-order valence-corrected chi connectivity index (χ1v) is 7.71. The Hall–Kier alpha value is -0.0500. The maximum absolute atomic E-state index is 12.4. The molecule has 0 unspecified atom stereocenters. The van der Waals surface area contributed by atoms with Crippen LogP contribution in [-0.2, 0) is 4.79 Å². The first-order chi connectivity index (χ1) is 7.72. The van der Waals surface area contributed by atoms with Gasteiger partial charge in [-0.15, -0.1) is 0 Å². The number of rotatable bonds is 4. The van der Waals surface area contributed by atoms with Crippen LogP contribution < -0.4 is 0 Å². The van der Waals surface area contributed by atoms with E-state index in [-0.39, 0.29) is 0 Å². The van der Waals surface area contributed by atoms with Crippen molar-refractivity contribution < 1.29 is 4.79 Å². The van der Waals surface area contributed by atoms with E-state index < -0.39 is 0 Å². The van der Waals surface area contributed by atoms with E-state index in [1.807, 2.05) is 0 Å². The molecule has 0 aromatic heterocycles. The van der Waals surface area contributed by atoms with Crippen LogP contribution in [0.3, 0.4) is 0 Å². The SMILES string of the molecule is CC1CCC(C(=O)N(CCBr)C2CC2)CC1. The van der Waals surface area contributed by atoms with Gasteiger partial charge in [0.15, 0.2) is 0 Å². The molecule has 0 aliphatic heterocycles. The van der Waals surface area contributed by atoms with Crippen molar-refractivity contribution in [1.29, 1.82) is 0 Å². The summed E-state index contributed by atoms with van der Waals surface area (Å²) >= 11 is 3.45. The molecule has 1 amide bonds. The minimum absolute atomic E-state index is 0.329. The lowest BCUT2D eigenvalue weighted by Gasteiger charge is -2.31.